The fourth-order valence-corrected chi connectivity index (χ4v) is 3.54. The lowest BCUT2D eigenvalue weighted by molar-refractivity contribution is -0.198. The van der Waals surface area contributed by atoms with Gasteiger partial charge in [-0.25, -0.2) is 0 Å². The molecule has 3 unspecified atom stereocenters. The summed E-state index contributed by atoms with van der Waals surface area (Å²) in [6, 6.07) is 0. The monoisotopic (exact) mass is 342 g/mol. The van der Waals surface area contributed by atoms with Crippen molar-refractivity contribution in [3.05, 3.63) is 0 Å². The van der Waals surface area contributed by atoms with Crippen molar-refractivity contribution < 1.29 is 18.0 Å². The molecule has 1 saturated carbocycles. The largest absolute Gasteiger partial charge is 0.392 e. The molecule has 0 aromatic rings. The van der Waals surface area contributed by atoms with Gasteiger partial charge in [0, 0.05) is 12.5 Å². The molecular weight excluding hydrogens is 317 g/mol. The van der Waals surface area contributed by atoms with Crippen molar-refractivity contribution in [3.8, 4) is 0 Å². The molecule has 1 heterocycles. The summed E-state index contributed by atoms with van der Waals surface area (Å²) < 4.78 is 38.9. The highest BCUT2D eigenvalue weighted by molar-refractivity contribution is 5.85. The van der Waals surface area contributed by atoms with E-state index < -0.39 is 23.9 Å². The van der Waals surface area contributed by atoms with Crippen LogP contribution in [0.3, 0.4) is 0 Å². The second-order valence-corrected chi connectivity index (χ2v) is 6.33. The number of amides is 1. The first-order chi connectivity index (χ1) is 9.98. The summed E-state index contributed by atoms with van der Waals surface area (Å²) in [5.41, 5.74) is 0. The highest BCUT2D eigenvalue weighted by atomic mass is 35.5. The van der Waals surface area contributed by atoms with Crippen LogP contribution < -0.4 is 10.6 Å². The molecule has 0 aromatic carbocycles. The Bertz CT molecular complexity index is 346. The zero-order chi connectivity index (χ0) is 15.3. The Hall–Kier alpha value is -0.490. The van der Waals surface area contributed by atoms with Crippen LogP contribution in [0, 0.1) is 17.8 Å². The summed E-state index contributed by atoms with van der Waals surface area (Å²) >= 11 is 0. The number of hydrogen-bond donors (Lipinski definition) is 2. The minimum absolute atomic E-state index is 0. The van der Waals surface area contributed by atoms with E-state index in [-0.39, 0.29) is 18.8 Å². The summed E-state index contributed by atoms with van der Waals surface area (Å²) in [7, 11) is 0. The highest BCUT2D eigenvalue weighted by Crippen LogP contribution is 2.41. The summed E-state index contributed by atoms with van der Waals surface area (Å²) in [6.07, 6.45) is 0.612. The number of rotatable bonds is 4. The molecule has 0 spiro atoms. The standard InChI is InChI=1S/C15H25F3N2O.ClH/c16-15(17,18)13-6-2-1-5-12(13)14(21)20-9-7-11-4-3-8-19-10-11;/h11-13,19H,1-10H2,(H,20,21);1H. The average molecular weight is 343 g/mol. The number of carbonyl (C=O) groups is 1. The minimum Gasteiger partial charge on any atom is -0.356 e. The Morgan fingerprint density at radius 3 is 2.50 bits per heavy atom. The molecule has 1 saturated heterocycles. The molecule has 1 aliphatic carbocycles. The third kappa shape index (κ3) is 5.61. The first-order valence-corrected chi connectivity index (χ1v) is 8.03. The molecule has 22 heavy (non-hydrogen) atoms. The predicted molar refractivity (Wildman–Crippen MR) is 82.0 cm³/mol. The topological polar surface area (TPSA) is 41.1 Å². The molecule has 2 aliphatic rings. The number of carbonyl (C=O) groups excluding carboxylic acids is 1. The second kappa shape index (κ2) is 8.96. The number of piperidine rings is 1. The van der Waals surface area contributed by atoms with Crippen LogP contribution in [-0.4, -0.2) is 31.7 Å². The Kier molecular flexibility index (Phi) is 7.97. The SMILES string of the molecule is Cl.O=C(NCCC1CCCNC1)C1CCCCC1C(F)(F)F. The van der Waals surface area contributed by atoms with Crippen molar-refractivity contribution in [2.75, 3.05) is 19.6 Å². The molecule has 2 fully saturated rings. The number of alkyl halides is 3. The van der Waals surface area contributed by atoms with Crippen LogP contribution in [-0.2, 0) is 4.79 Å². The maximum absolute atomic E-state index is 13.0. The van der Waals surface area contributed by atoms with Gasteiger partial charge in [0.2, 0.25) is 5.91 Å². The molecule has 2 N–H and O–H groups in total. The zero-order valence-electron chi connectivity index (χ0n) is 12.8. The lowest BCUT2D eigenvalue weighted by atomic mass is 9.78. The summed E-state index contributed by atoms with van der Waals surface area (Å²) in [5.74, 6) is -2.21. The summed E-state index contributed by atoms with van der Waals surface area (Å²) in [4.78, 5) is 12.1. The van der Waals surface area contributed by atoms with Crippen molar-refractivity contribution in [1.29, 1.82) is 0 Å². The van der Waals surface area contributed by atoms with Gasteiger partial charge < -0.3 is 10.6 Å². The van der Waals surface area contributed by atoms with Gasteiger partial charge in [-0.15, -0.1) is 12.4 Å². The molecule has 2 rings (SSSR count). The normalized spacial score (nSPS) is 29.5. The Labute approximate surface area is 136 Å². The van der Waals surface area contributed by atoms with Crippen LogP contribution in [0.4, 0.5) is 13.2 Å². The van der Waals surface area contributed by atoms with E-state index in [1.807, 2.05) is 0 Å². The third-order valence-electron chi connectivity index (χ3n) is 4.77. The van der Waals surface area contributed by atoms with Gasteiger partial charge in [-0.05, 0) is 51.1 Å². The molecule has 0 bridgehead atoms. The zero-order valence-corrected chi connectivity index (χ0v) is 13.6. The van der Waals surface area contributed by atoms with Crippen molar-refractivity contribution >= 4 is 18.3 Å². The lowest BCUT2D eigenvalue weighted by Gasteiger charge is -2.32. The third-order valence-corrected chi connectivity index (χ3v) is 4.77. The maximum atomic E-state index is 13.0. The van der Waals surface area contributed by atoms with Crippen LogP contribution in [0.1, 0.15) is 44.9 Å². The number of halogens is 4. The first-order valence-electron chi connectivity index (χ1n) is 8.03. The van der Waals surface area contributed by atoms with Gasteiger partial charge in [0.05, 0.1) is 5.92 Å². The average Bonchev–Trinajstić information content (AvgIpc) is 2.47. The van der Waals surface area contributed by atoms with Gasteiger partial charge in [0.15, 0.2) is 0 Å². The Morgan fingerprint density at radius 1 is 1.14 bits per heavy atom. The molecule has 3 atom stereocenters. The summed E-state index contributed by atoms with van der Waals surface area (Å²) in [5, 5.41) is 6.04. The van der Waals surface area contributed by atoms with Gasteiger partial charge in [-0.3, -0.25) is 4.79 Å². The van der Waals surface area contributed by atoms with E-state index in [1.165, 1.54) is 0 Å². The van der Waals surface area contributed by atoms with Crippen LogP contribution in [0.2, 0.25) is 0 Å². The van der Waals surface area contributed by atoms with Crippen LogP contribution in [0.15, 0.2) is 0 Å². The molecule has 0 radical (unpaired) electrons. The molecule has 1 aliphatic heterocycles. The maximum Gasteiger partial charge on any atom is 0.392 e. The first kappa shape index (κ1) is 19.6. The highest BCUT2D eigenvalue weighted by Gasteiger charge is 2.47. The van der Waals surface area contributed by atoms with E-state index in [2.05, 4.69) is 10.6 Å². The molecule has 1 amide bonds. The van der Waals surface area contributed by atoms with Crippen LogP contribution in [0.25, 0.3) is 0 Å². The second-order valence-electron chi connectivity index (χ2n) is 6.33. The molecular formula is C15H26ClF3N2O. The van der Waals surface area contributed by atoms with Gasteiger partial charge >= 0.3 is 6.18 Å². The van der Waals surface area contributed by atoms with Crippen molar-refractivity contribution in [2.45, 2.75) is 51.1 Å². The fourth-order valence-electron chi connectivity index (χ4n) is 3.54. The summed E-state index contributed by atoms with van der Waals surface area (Å²) in [6.45, 7) is 2.48. The predicted octanol–water partition coefficient (Wildman–Crippen LogP) is 3.28. The fraction of sp³-hybridized carbons (Fsp3) is 0.933. The van der Waals surface area contributed by atoms with E-state index in [4.69, 9.17) is 0 Å². The number of nitrogens with one attached hydrogen (secondary N) is 2. The smallest absolute Gasteiger partial charge is 0.356 e. The molecule has 0 aromatic heterocycles. The number of hydrogen-bond acceptors (Lipinski definition) is 2. The van der Waals surface area contributed by atoms with Gasteiger partial charge in [0.1, 0.15) is 0 Å². The molecule has 3 nitrogen and oxygen atoms in total. The van der Waals surface area contributed by atoms with Crippen molar-refractivity contribution in [2.24, 2.45) is 17.8 Å². The lowest BCUT2D eigenvalue weighted by Crippen LogP contribution is -2.43. The Morgan fingerprint density at radius 2 is 1.86 bits per heavy atom. The quantitative estimate of drug-likeness (QED) is 0.823. The van der Waals surface area contributed by atoms with E-state index in [0.29, 0.717) is 25.3 Å². The van der Waals surface area contributed by atoms with Gasteiger partial charge in [-0.1, -0.05) is 12.8 Å². The molecule has 7 heteroatoms. The minimum atomic E-state index is -4.25. The van der Waals surface area contributed by atoms with E-state index in [0.717, 1.165) is 38.8 Å². The van der Waals surface area contributed by atoms with Crippen LogP contribution in [0.5, 0.6) is 0 Å². The van der Waals surface area contributed by atoms with Crippen LogP contribution >= 0.6 is 12.4 Å². The van der Waals surface area contributed by atoms with Crippen molar-refractivity contribution in [1.82, 2.24) is 10.6 Å². The van der Waals surface area contributed by atoms with Gasteiger partial charge in [0.25, 0.3) is 0 Å². The molecule has 130 valence electrons. The van der Waals surface area contributed by atoms with E-state index in [9.17, 15) is 18.0 Å². The van der Waals surface area contributed by atoms with Gasteiger partial charge in [-0.2, -0.15) is 13.2 Å². The van der Waals surface area contributed by atoms with E-state index >= 15 is 0 Å². The Balaban J connectivity index is 0.00000242. The van der Waals surface area contributed by atoms with E-state index in [1.54, 1.807) is 0 Å². The van der Waals surface area contributed by atoms with Crippen molar-refractivity contribution in [3.63, 3.8) is 0 Å².